The summed E-state index contributed by atoms with van der Waals surface area (Å²) in [7, 11) is 0. The molecule has 4 nitrogen and oxygen atoms in total. The number of aromatic nitrogens is 2. The van der Waals surface area contributed by atoms with E-state index in [0.29, 0.717) is 11.7 Å². The normalized spacial score (nSPS) is 21.9. The fraction of sp³-hybridized carbons (Fsp3) is 0.357. The standard InChI is InChI=1S/C14H17N3O/c1-8-3-4-12(18)14-11(5-9(2)13(8)14)17-10-6-15-16-7-10/h3-4,6-7,9,11,17-18H,5H2,1-2H3,(H,15,16). The summed E-state index contributed by atoms with van der Waals surface area (Å²) >= 11 is 0. The van der Waals surface area contributed by atoms with Crippen molar-refractivity contribution in [3.63, 3.8) is 0 Å². The van der Waals surface area contributed by atoms with Crippen LogP contribution < -0.4 is 5.32 Å². The third-order valence-corrected chi connectivity index (χ3v) is 3.75. The van der Waals surface area contributed by atoms with E-state index in [1.165, 1.54) is 11.1 Å². The van der Waals surface area contributed by atoms with Gasteiger partial charge in [-0.05, 0) is 36.5 Å². The topological polar surface area (TPSA) is 60.9 Å². The highest BCUT2D eigenvalue weighted by Crippen LogP contribution is 2.47. The number of aromatic amines is 1. The minimum atomic E-state index is 0.160. The minimum Gasteiger partial charge on any atom is -0.508 e. The highest BCUT2D eigenvalue weighted by atomic mass is 16.3. The van der Waals surface area contributed by atoms with E-state index in [9.17, 15) is 5.11 Å². The molecular weight excluding hydrogens is 226 g/mol. The van der Waals surface area contributed by atoms with Gasteiger partial charge in [0, 0.05) is 11.8 Å². The second-order valence-corrected chi connectivity index (χ2v) is 5.05. The van der Waals surface area contributed by atoms with E-state index in [-0.39, 0.29) is 6.04 Å². The molecule has 0 spiro atoms. The molecule has 2 atom stereocenters. The summed E-state index contributed by atoms with van der Waals surface area (Å²) in [5.41, 5.74) is 4.55. The fourth-order valence-corrected chi connectivity index (χ4v) is 3.01. The van der Waals surface area contributed by atoms with Crippen molar-refractivity contribution in [1.82, 2.24) is 10.2 Å². The van der Waals surface area contributed by atoms with E-state index in [1.54, 1.807) is 12.3 Å². The Balaban J connectivity index is 2.00. The Bertz CT molecular complexity index is 563. The van der Waals surface area contributed by atoms with Gasteiger partial charge in [0.2, 0.25) is 0 Å². The van der Waals surface area contributed by atoms with Crippen LogP contribution in [0.4, 0.5) is 5.69 Å². The Morgan fingerprint density at radius 2 is 2.22 bits per heavy atom. The van der Waals surface area contributed by atoms with Crippen molar-refractivity contribution >= 4 is 5.69 Å². The Kier molecular flexibility index (Phi) is 2.51. The van der Waals surface area contributed by atoms with Gasteiger partial charge < -0.3 is 10.4 Å². The van der Waals surface area contributed by atoms with Crippen molar-refractivity contribution in [3.8, 4) is 5.75 Å². The average molecular weight is 243 g/mol. The first kappa shape index (κ1) is 11.1. The molecule has 3 rings (SSSR count). The van der Waals surface area contributed by atoms with Gasteiger partial charge in [0.25, 0.3) is 0 Å². The van der Waals surface area contributed by atoms with Crippen LogP contribution in [0.25, 0.3) is 0 Å². The maximum atomic E-state index is 10.1. The maximum Gasteiger partial charge on any atom is 0.121 e. The summed E-state index contributed by atoms with van der Waals surface area (Å²) in [6.45, 7) is 4.32. The zero-order chi connectivity index (χ0) is 12.7. The fourth-order valence-electron chi connectivity index (χ4n) is 3.01. The molecule has 0 saturated carbocycles. The van der Waals surface area contributed by atoms with Crippen LogP contribution in [0.2, 0.25) is 0 Å². The zero-order valence-electron chi connectivity index (χ0n) is 10.6. The summed E-state index contributed by atoms with van der Waals surface area (Å²) in [6, 6.07) is 3.94. The molecule has 0 aliphatic heterocycles. The highest BCUT2D eigenvalue weighted by Gasteiger charge is 2.32. The Morgan fingerprint density at radius 1 is 1.39 bits per heavy atom. The largest absolute Gasteiger partial charge is 0.508 e. The molecule has 1 aromatic carbocycles. The van der Waals surface area contributed by atoms with Crippen LogP contribution in [-0.4, -0.2) is 15.3 Å². The number of nitrogens with one attached hydrogen (secondary N) is 2. The van der Waals surface area contributed by atoms with Gasteiger partial charge in [-0.15, -0.1) is 0 Å². The molecule has 4 heteroatoms. The van der Waals surface area contributed by atoms with Crippen LogP contribution in [0, 0.1) is 6.92 Å². The Hall–Kier alpha value is -1.97. The van der Waals surface area contributed by atoms with E-state index < -0.39 is 0 Å². The molecule has 1 aromatic heterocycles. The molecule has 18 heavy (non-hydrogen) atoms. The van der Waals surface area contributed by atoms with Crippen molar-refractivity contribution in [2.75, 3.05) is 5.32 Å². The van der Waals surface area contributed by atoms with E-state index >= 15 is 0 Å². The molecule has 0 amide bonds. The molecule has 0 fully saturated rings. The van der Waals surface area contributed by atoms with Crippen LogP contribution in [0.5, 0.6) is 5.75 Å². The van der Waals surface area contributed by atoms with Gasteiger partial charge in [0.1, 0.15) is 5.75 Å². The Morgan fingerprint density at radius 3 is 2.94 bits per heavy atom. The smallest absolute Gasteiger partial charge is 0.121 e. The van der Waals surface area contributed by atoms with Crippen LogP contribution in [0.1, 0.15) is 42.0 Å². The summed E-state index contributed by atoms with van der Waals surface area (Å²) in [5, 5.41) is 20.3. The van der Waals surface area contributed by atoms with Gasteiger partial charge >= 0.3 is 0 Å². The van der Waals surface area contributed by atoms with E-state index in [2.05, 4.69) is 29.4 Å². The molecule has 0 radical (unpaired) electrons. The first-order chi connectivity index (χ1) is 8.66. The number of hydrogen-bond donors (Lipinski definition) is 3. The van der Waals surface area contributed by atoms with Crippen LogP contribution >= 0.6 is 0 Å². The summed E-state index contributed by atoms with van der Waals surface area (Å²) in [5.74, 6) is 0.859. The molecule has 2 unspecified atom stereocenters. The first-order valence-corrected chi connectivity index (χ1v) is 6.24. The predicted molar refractivity (Wildman–Crippen MR) is 70.8 cm³/mol. The third-order valence-electron chi connectivity index (χ3n) is 3.75. The van der Waals surface area contributed by atoms with Crippen molar-refractivity contribution in [3.05, 3.63) is 41.2 Å². The predicted octanol–water partition coefficient (Wildman–Crippen LogP) is 3.08. The number of fused-ring (bicyclic) bond motifs is 1. The lowest BCUT2D eigenvalue weighted by Gasteiger charge is -2.15. The van der Waals surface area contributed by atoms with Crippen LogP contribution in [0.15, 0.2) is 24.5 Å². The van der Waals surface area contributed by atoms with Gasteiger partial charge in [-0.1, -0.05) is 13.0 Å². The number of H-pyrrole nitrogens is 1. The van der Waals surface area contributed by atoms with E-state index in [4.69, 9.17) is 0 Å². The second kappa shape index (κ2) is 4.05. The van der Waals surface area contributed by atoms with Crippen LogP contribution in [-0.2, 0) is 0 Å². The minimum absolute atomic E-state index is 0.160. The monoisotopic (exact) mass is 243 g/mol. The number of anilines is 1. The summed E-state index contributed by atoms with van der Waals surface area (Å²) in [6.07, 6.45) is 4.59. The molecule has 1 heterocycles. The lowest BCUT2D eigenvalue weighted by molar-refractivity contribution is 0.465. The molecule has 0 bridgehead atoms. The zero-order valence-corrected chi connectivity index (χ0v) is 10.6. The third kappa shape index (κ3) is 1.65. The maximum absolute atomic E-state index is 10.1. The van der Waals surface area contributed by atoms with Gasteiger partial charge in [-0.2, -0.15) is 5.10 Å². The quantitative estimate of drug-likeness (QED) is 0.759. The summed E-state index contributed by atoms with van der Waals surface area (Å²) in [4.78, 5) is 0. The lowest BCUT2D eigenvalue weighted by atomic mass is 9.97. The van der Waals surface area contributed by atoms with Crippen molar-refractivity contribution in [2.45, 2.75) is 32.2 Å². The molecule has 2 aromatic rings. The van der Waals surface area contributed by atoms with Gasteiger partial charge in [-0.25, -0.2) is 0 Å². The van der Waals surface area contributed by atoms with Gasteiger partial charge in [0.15, 0.2) is 0 Å². The Labute approximate surface area is 106 Å². The molecule has 0 saturated heterocycles. The number of hydrogen-bond acceptors (Lipinski definition) is 3. The molecule has 94 valence electrons. The lowest BCUT2D eigenvalue weighted by Crippen LogP contribution is -2.06. The number of phenolic OH excluding ortho intramolecular Hbond substituents is 1. The molecule has 1 aliphatic carbocycles. The molecular formula is C14H17N3O. The van der Waals surface area contributed by atoms with E-state index in [0.717, 1.165) is 17.7 Å². The first-order valence-electron chi connectivity index (χ1n) is 6.24. The number of aryl methyl sites for hydroxylation is 1. The molecule has 1 aliphatic rings. The van der Waals surface area contributed by atoms with Crippen molar-refractivity contribution < 1.29 is 5.11 Å². The number of phenols is 1. The van der Waals surface area contributed by atoms with Gasteiger partial charge in [-0.3, -0.25) is 5.10 Å². The van der Waals surface area contributed by atoms with Crippen molar-refractivity contribution in [2.24, 2.45) is 0 Å². The molecule has 3 N–H and O–H groups in total. The summed E-state index contributed by atoms with van der Waals surface area (Å²) < 4.78 is 0. The number of nitrogens with zero attached hydrogens (tertiary/aromatic N) is 1. The van der Waals surface area contributed by atoms with Gasteiger partial charge in [0.05, 0.1) is 17.9 Å². The van der Waals surface area contributed by atoms with Crippen molar-refractivity contribution in [1.29, 1.82) is 0 Å². The number of rotatable bonds is 2. The second-order valence-electron chi connectivity index (χ2n) is 5.05. The highest BCUT2D eigenvalue weighted by molar-refractivity contribution is 5.54. The SMILES string of the molecule is Cc1ccc(O)c2c1C(C)CC2Nc1cn[nH]c1. The van der Waals surface area contributed by atoms with E-state index in [1.807, 2.05) is 12.3 Å². The number of aromatic hydroxyl groups is 1. The number of benzene rings is 1. The average Bonchev–Trinajstić information content (AvgIpc) is 2.93. The van der Waals surface area contributed by atoms with Crippen LogP contribution in [0.3, 0.4) is 0 Å².